The Balaban J connectivity index is 1.90. The Morgan fingerprint density at radius 3 is 2.48 bits per heavy atom. The van der Waals surface area contributed by atoms with Crippen LogP contribution in [0.1, 0.15) is 24.1 Å². The Bertz CT molecular complexity index is 789. The molecule has 3 rings (SSSR count). The molecule has 2 aromatic carbocycles. The first kappa shape index (κ1) is 16.2. The van der Waals surface area contributed by atoms with E-state index in [4.69, 9.17) is 23.8 Å². The van der Waals surface area contributed by atoms with Crippen LogP contribution in [0.15, 0.2) is 59.5 Å². The van der Waals surface area contributed by atoms with Crippen molar-refractivity contribution in [3.05, 3.63) is 75.7 Å². The summed E-state index contributed by atoms with van der Waals surface area (Å²) in [4.78, 5) is 15.0. The second-order valence-electron chi connectivity index (χ2n) is 5.16. The second-order valence-corrected chi connectivity index (χ2v) is 7.24. The summed E-state index contributed by atoms with van der Waals surface area (Å²) in [5.74, 6) is -0.0729. The highest BCUT2D eigenvalue weighted by Gasteiger charge is 2.35. The molecule has 1 fully saturated rings. The molecule has 1 amide bonds. The third-order valence-electron chi connectivity index (χ3n) is 3.68. The summed E-state index contributed by atoms with van der Waals surface area (Å²) in [5, 5.41) is 0.619. The largest absolute Gasteiger partial charge is 0.286 e. The molecule has 0 spiro atoms. The SMILES string of the molecule is C[C@H](c1ccccc1)N1C(=O)/C(=C/c2ccccc2Cl)SC1=S. The molecule has 23 heavy (non-hydrogen) atoms. The third kappa shape index (κ3) is 3.34. The number of thioether (sulfide) groups is 1. The average Bonchev–Trinajstić information content (AvgIpc) is 2.84. The standard InChI is InChI=1S/C18H14ClNOS2/c1-12(13-7-3-2-4-8-13)20-17(21)16(23-18(20)22)11-14-9-5-6-10-15(14)19/h2-12H,1H3/b16-11-/t12-/m1/s1. The van der Waals surface area contributed by atoms with Gasteiger partial charge in [-0.25, -0.2) is 0 Å². The smallest absolute Gasteiger partial charge is 0.266 e. The molecule has 1 saturated heterocycles. The maximum atomic E-state index is 12.8. The third-order valence-corrected chi connectivity index (χ3v) is 5.36. The van der Waals surface area contributed by atoms with Gasteiger partial charge >= 0.3 is 0 Å². The van der Waals surface area contributed by atoms with Crippen molar-refractivity contribution >= 4 is 51.9 Å². The van der Waals surface area contributed by atoms with Crippen molar-refractivity contribution in [2.24, 2.45) is 0 Å². The minimum atomic E-state index is -0.0964. The normalized spacial score (nSPS) is 17.8. The van der Waals surface area contributed by atoms with Gasteiger partial charge in [0.15, 0.2) is 0 Å². The molecule has 1 aliphatic rings. The molecule has 0 bridgehead atoms. The molecule has 0 aliphatic carbocycles. The molecule has 2 nitrogen and oxygen atoms in total. The minimum absolute atomic E-state index is 0.0729. The summed E-state index contributed by atoms with van der Waals surface area (Å²) < 4.78 is 0.574. The number of carbonyl (C=O) groups is 1. The number of halogens is 1. The van der Waals surface area contributed by atoms with Crippen LogP contribution in [-0.2, 0) is 4.79 Å². The summed E-state index contributed by atoms with van der Waals surface area (Å²) >= 11 is 12.9. The van der Waals surface area contributed by atoms with Gasteiger partial charge in [-0.05, 0) is 30.2 Å². The van der Waals surface area contributed by atoms with E-state index in [-0.39, 0.29) is 11.9 Å². The van der Waals surface area contributed by atoms with Crippen molar-refractivity contribution in [3.63, 3.8) is 0 Å². The Hall–Kier alpha value is -1.62. The van der Waals surface area contributed by atoms with E-state index < -0.39 is 0 Å². The number of amides is 1. The van der Waals surface area contributed by atoms with Gasteiger partial charge in [-0.3, -0.25) is 9.69 Å². The number of hydrogen-bond donors (Lipinski definition) is 0. The van der Waals surface area contributed by atoms with Gasteiger partial charge in [0.1, 0.15) is 4.32 Å². The topological polar surface area (TPSA) is 20.3 Å². The molecule has 0 unspecified atom stereocenters. The van der Waals surface area contributed by atoms with Gasteiger partial charge in [-0.15, -0.1) is 0 Å². The summed E-state index contributed by atoms with van der Waals surface area (Å²) in [6.07, 6.45) is 1.80. The number of hydrogen-bond acceptors (Lipinski definition) is 3. The van der Waals surface area contributed by atoms with Crippen molar-refractivity contribution in [2.45, 2.75) is 13.0 Å². The molecule has 2 aromatic rings. The number of carbonyl (C=O) groups excluding carboxylic acids is 1. The maximum absolute atomic E-state index is 12.8. The molecule has 1 atom stereocenters. The number of benzene rings is 2. The van der Waals surface area contributed by atoms with E-state index >= 15 is 0 Å². The number of rotatable bonds is 3. The molecular weight excluding hydrogens is 346 g/mol. The first-order valence-corrected chi connectivity index (χ1v) is 8.75. The zero-order valence-corrected chi connectivity index (χ0v) is 14.8. The molecule has 1 heterocycles. The van der Waals surface area contributed by atoms with Gasteiger partial charge in [0.2, 0.25) is 0 Å². The molecule has 0 radical (unpaired) electrons. The van der Waals surface area contributed by atoms with Crippen molar-refractivity contribution in [3.8, 4) is 0 Å². The highest BCUT2D eigenvalue weighted by molar-refractivity contribution is 8.26. The fourth-order valence-corrected chi connectivity index (χ4v) is 4.03. The number of thiocarbonyl (C=S) groups is 1. The fraction of sp³-hybridized carbons (Fsp3) is 0.111. The molecule has 5 heteroatoms. The number of nitrogens with zero attached hydrogens (tertiary/aromatic N) is 1. The van der Waals surface area contributed by atoms with Gasteiger partial charge in [0, 0.05) is 5.02 Å². The summed E-state index contributed by atoms with van der Waals surface area (Å²) in [6, 6.07) is 17.2. The van der Waals surface area contributed by atoms with Crippen LogP contribution in [0.2, 0.25) is 5.02 Å². The summed E-state index contributed by atoms with van der Waals surface area (Å²) in [7, 11) is 0. The molecule has 0 N–H and O–H groups in total. The van der Waals surface area contributed by atoms with Crippen molar-refractivity contribution < 1.29 is 4.79 Å². The predicted octanol–water partition coefficient (Wildman–Crippen LogP) is 5.30. The summed E-state index contributed by atoms with van der Waals surface area (Å²) in [6.45, 7) is 1.98. The van der Waals surface area contributed by atoms with Crippen LogP contribution < -0.4 is 0 Å². The predicted molar refractivity (Wildman–Crippen MR) is 101 cm³/mol. The van der Waals surface area contributed by atoms with E-state index in [1.807, 2.05) is 55.5 Å². The van der Waals surface area contributed by atoms with Gasteiger partial charge < -0.3 is 0 Å². The lowest BCUT2D eigenvalue weighted by Crippen LogP contribution is -2.30. The van der Waals surface area contributed by atoms with E-state index in [1.165, 1.54) is 11.8 Å². The molecule has 1 aliphatic heterocycles. The Morgan fingerprint density at radius 1 is 1.13 bits per heavy atom. The molecule has 116 valence electrons. The zero-order chi connectivity index (χ0) is 16.4. The highest BCUT2D eigenvalue weighted by Crippen LogP contribution is 2.38. The van der Waals surface area contributed by atoms with Gasteiger partial charge in [0.25, 0.3) is 5.91 Å². The quantitative estimate of drug-likeness (QED) is 0.547. The lowest BCUT2D eigenvalue weighted by Gasteiger charge is -2.23. The van der Waals surface area contributed by atoms with Crippen molar-refractivity contribution in [2.75, 3.05) is 0 Å². The van der Waals surface area contributed by atoms with Crippen LogP contribution in [-0.4, -0.2) is 15.1 Å². The van der Waals surface area contributed by atoms with Crippen LogP contribution in [0, 0.1) is 0 Å². The Labute approximate surface area is 150 Å². The van der Waals surface area contributed by atoms with Crippen LogP contribution in [0.5, 0.6) is 0 Å². The highest BCUT2D eigenvalue weighted by atomic mass is 35.5. The van der Waals surface area contributed by atoms with Gasteiger partial charge in [-0.1, -0.05) is 84.1 Å². The van der Waals surface area contributed by atoms with Gasteiger partial charge in [-0.2, -0.15) is 0 Å². The van der Waals surface area contributed by atoms with E-state index in [9.17, 15) is 4.79 Å². The molecular formula is C18H14ClNOS2. The van der Waals surface area contributed by atoms with Crippen molar-refractivity contribution in [1.82, 2.24) is 4.90 Å². The van der Waals surface area contributed by atoms with Crippen LogP contribution in [0.4, 0.5) is 0 Å². The van der Waals surface area contributed by atoms with Crippen LogP contribution in [0.25, 0.3) is 6.08 Å². The lowest BCUT2D eigenvalue weighted by molar-refractivity contribution is -0.123. The van der Waals surface area contributed by atoms with E-state index in [2.05, 4.69) is 0 Å². The van der Waals surface area contributed by atoms with E-state index in [0.717, 1.165) is 11.1 Å². The molecule has 0 saturated carbocycles. The average molecular weight is 360 g/mol. The van der Waals surface area contributed by atoms with Crippen molar-refractivity contribution in [1.29, 1.82) is 0 Å². The minimum Gasteiger partial charge on any atom is -0.286 e. The van der Waals surface area contributed by atoms with E-state index in [1.54, 1.807) is 17.0 Å². The first-order chi connectivity index (χ1) is 11.1. The first-order valence-electron chi connectivity index (χ1n) is 7.14. The monoisotopic (exact) mass is 359 g/mol. The Morgan fingerprint density at radius 2 is 1.78 bits per heavy atom. The molecule has 0 aromatic heterocycles. The second kappa shape index (κ2) is 6.87. The van der Waals surface area contributed by atoms with Crippen LogP contribution >= 0.6 is 35.6 Å². The summed E-state index contributed by atoms with van der Waals surface area (Å²) in [5.41, 5.74) is 1.88. The lowest BCUT2D eigenvalue weighted by atomic mass is 10.1. The fourth-order valence-electron chi connectivity index (χ4n) is 2.43. The maximum Gasteiger partial charge on any atom is 0.266 e. The van der Waals surface area contributed by atoms with Crippen LogP contribution in [0.3, 0.4) is 0 Å². The van der Waals surface area contributed by atoms with Gasteiger partial charge in [0.05, 0.1) is 10.9 Å². The Kier molecular flexibility index (Phi) is 4.85. The zero-order valence-electron chi connectivity index (χ0n) is 12.4. The van der Waals surface area contributed by atoms with E-state index in [0.29, 0.717) is 14.2 Å².